The molecule has 0 N–H and O–H groups in total. The van der Waals surface area contributed by atoms with Crippen molar-refractivity contribution < 1.29 is 0 Å². The van der Waals surface area contributed by atoms with E-state index >= 15 is 0 Å². The third-order valence-corrected chi connectivity index (χ3v) is 2.71. The zero-order valence-electron chi connectivity index (χ0n) is 10.3. The smallest absolute Gasteiger partial charge is 0.0972 e. The number of aryl methyl sites for hydroxylation is 2. The molecule has 0 aliphatic heterocycles. The summed E-state index contributed by atoms with van der Waals surface area (Å²) in [4.78, 5) is 4.32. The van der Waals surface area contributed by atoms with E-state index in [1.165, 1.54) is 11.1 Å². The van der Waals surface area contributed by atoms with Crippen molar-refractivity contribution in [1.29, 1.82) is 0 Å². The summed E-state index contributed by atoms with van der Waals surface area (Å²) < 4.78 is 0. The fourth-order valence-electron chi connectivity index (χ4n) is 1.56. The van der Waals surface area contributed by atoms with Crippen molar-refractivity contribution in [3.8, 4) is 0 Å². The minimum atomic E-state index is 0.940. The number of hydrogen-bond donors (Lipinski definition) is 0. The summed E-state index contributed by atoms with van der Waals surface area (Å²) in [5.74, 6) is 0. The predicted molar refractivity (Wildman–Crippen MR) is 73.2 cm³/mol. The monoisotopic (exact) mass is 222 g/mol. The first kappa shape index (κ1) is 11.6. The average molecular weight is 222 g/mol. The van der Waals surface area contributed by atoms with E-state index in [4.69, 9.17) is 0 Å². The van der Waals surface area contributed by atoms with Gasteiger partial charge in [0, 0.05) is 5.56 Å². The topological polar surface area (TPSA) is 12.4 Å². The zero-order valence-corrected chi connectivity index (χ0v) is 10.3. The Bertz CT molecular complexity index is 492. The van der Waals surface area contributed by atoms with Gasteiger partial charge in [0.2, 0.25) is 0 Å². The Hall–Kier alpha value is -1.89. The highest BCUT2D eigenvalue weighted by molar-refractivity contribution is 5.81. The molecule has 17 heavy (non-hydrogen) atoms. The zero-order chi connectivity index (χ0) is 12.1. The Morgan fingerprint density at radius 2 is 1.59 bits per heavy atom. The molecule has 0 saturated carbocycles. The highest BCUT2D eigenvalue weighted by Gasteiger charge is 1.91. The van der Waals surface area contributed by atoms with Crippen LogP contribution in [0.1, 0.15) is 23.6 Å². The summed E-state index contributed by atoms with van der Waals surface area (Å²) in [5, 5.41) is 0. The van der Waals surface area contributed by atoms with E-state index in [-0.39, 0.29) is 0 Å². The molecule has 0 spiro atoms. The molecule has 0 aliphatic rings. The number of aliphatic imine (C=N–C) groups is 1. The lowest BCUT2D eigenvalue weighted by molar-refractivity contribution is 1.14. The lowest BCUT2D eigenvalue weighted by Gasteiger charge is -1.97. The highest BCUT2D eigenvalue weighted by atomic mass is 14.7. The van der Waals surface area contributed by atoms with E-state index in [2.05, 4.69) is 61.5 Å². The molecule has 2 aromatic rings. The third-order valence-electron chi connectivity index (χ3n) is 2.71. The first-order chi connectivity index (χ1) is 8.28. The summed E-state index contributed by atoms with van der Waals surface area (Å²) >= 11 is 0. The van der Waals surface area contributed by atoms with Gasteiger partial charge in [-0.05, 0) is 31.0 Å². The minimum Gasteiger partial charge on any atom is -0.246 e. The summed E-state index contributed by atoms with van der Waals surface area (Å²) in [7, 11) is 0. The van der Waals surface area contributed by atoms with Crippen molar-refractivity contribution in [2.24, 2.45) is 4.99 Å². The fraction of sp³-hybridized carbons (Fsp3) is 0.188. The van der Waals surface area contributed by atoms with Crippen LogP contribution in [0, 0.1) is 6.92 Å². The summed E-state index contributed by atoms with van der Waals surface area (Å²) in [6.45, 7) is 4.22. The van der Waals surface area contributed by atoms with Gasteiger partial charge in [-0.3, -0.25) is 0 Å². The fourth-order valence-corrected chi connectivity index (χ4v) is 1.56. The minimum absolute atomic E-state index is 0.940. The molecule has 0 fully saturated rings. The number of hydrogen-bond acceptors (Lipinski definition) is 1. The summed E-state index contributed by atoms with van der Waals surface area (Å²) in [5.41, 5.74) is 4.54. The van der Waals surface area contributed by atoms with Crippen molar-refractivity contribution in [2.45, 2.75) is 20.3 Å². The molecule has 1 heteroatoms. The highest BCUT2D eigenvalue weighted by Crippen LogP contribution is 2.12. The van der Waals surface area contributed by atoms with E-state index in [9.17, 15) is 0 Å². The summed E-state index contributed by atoms with van der Waals surface area (Å²) in [6.07, 6.45) is 4.12. The molecule has 0 saturated heterocycles. The van der Waals surface area contributed by atoms with Gasteiger partial charge in [0.05, 0.1) is 11.9 Å². The second-order valence-corrected chi connectivity index (χ2v) is 4.11. The third kappa shape index (κ3) is 3.28. The molecule has 0 aromatic heterocycles. The molecule has 2 rings (SSSR count). The number of rotatable bonds is 3. The van der Waals surface area contributed by atoms with Gasteiger partial charge >= 0.3 is 0 Å². The van der Waals surface area contributed by atoms with Crippen molar-refractivity contribution in [3.05, 3.63) is 65.2 Å². The maximum absolute atomic E-state index is 4.32. The number of benzene rings is 2. The first-order valence-electron chi connectivity index (χ1n) is 5.90. The van der Waals surface area contributed by atoms with Crippen LogP contribution in [0.2, 0.25) is 0 Å². The Labute approximate surface area is 103 Å². The van der Waals surface area contributed by atoms with Gasteiger partial charge in [0.25, 0.3) is 0 Å². The average Bonchev–Trinajstić information content (AvgIpc) is 2.39. The van der Waals surface area contributed by atoms with Crippen LogP contribution in [0.4, 0.5) is 5.69 Å². The van der Waals surface area contributed by atoms with Gasteiger partial charge in [0.1, 0.15) is 0 Å². The lowest BCUT2D eigenvalue weighted by atomic mass is 10.1. The van der Waals surface area contributed by atoms with Crippen LogP contribution in [-0.4, -0.2) is 6.21 Å². The van der Waals surface area contributed by atoms with Crippen molar-refractivity contribution in [2.75, 3.05) is 0 Å². The maximum Gasteiger partial charge on any atom is 0.0972 e. The van der Waals surface area contributed by atoms with Gasteiger partial charge in [-0.15, -0.1) is 0 Å². The second-order valence-electron chi connectivity index (χ2n) is 4.11. The van der Waals surface area contributed by atoms with Crippen LogP contribution in [0.3, 0.4) is 0 Å². The van der Waals surface area contributed by atoms with Gasteiger partial charge in [-0.2, -0.15) is 0 Å². The standard InChI is InChI=1S/C16H16N/c1-3-14-6-8-15(9-7-14)12-17-16-10-4-13(2)5-11-16/h4-11H,3H2,1-2H3. The van der Waals surface area contributed by atoms with Gasteiger partial charge in [0.15, 0.2) is 0 Å². The SMILES string of the molecule is CCc1ccc([C]=Nc2ccc(C)cc2)cc1. The molecule has 85 valence electrons. The predicted octanol–water partition coefficient (Wildman–Crippen LogP) is 4.19. The van der Waals surface area contributed by atoms with Gasteiger partial charge in [-0.25, -0.2) is 4.99 Å². The van der Waals surface area contributed by atoms with Crippen molar-refractivity contribution in [1.82, 2.24) is 0 Å². The van der Waals surface area contributed by atoms with Crippen molar-refractivity contribution >= 4 is 11.9 Å². The normalized spacial score (nSPS) is 10.9. The van der Waals surface area contributed by atoms with Gasteiger partial charge in [-0.1, -0.05) is 48.9 Å². The molecule has 0 unspecified atom stereocenters. The first-order valence-corrected chi connectivity index (χ1v) is 5.90. The van der Waals surface area contributed by atoms with E-state index in [1.807, 2.05) is 12.1 Å². The van der Waals surface area contributed by atoms with E-state index in [0.29, 0.717) is 0 Å². The molecular formula is C16H16N. The Morgan fingerprint density at radius 3 is 2.18 bits per heavy atom. The van der Waals surface area contributed by atoms with Gasteiger partial charge < -0.3 is 0 Å². The second kappa shape index (κ2) is 5.44. The van der Waals surface area contributed by atoms with E-state index < -0.39 is 0 Å². The van der Waals surface area contributed by atoms with Crippen LogP contribution < -0.4 is 0 Å². The summed E-state index contributed by atoms with van der Waals surface area (Å²) in [6, 6.07) is 16.5. The van der Waals surface area contributed by atoms with Crippen molar-refractivity contribution in [3.63, 3.8) is 0 Å². The van der Waals surface area contributed by atoms with Crippen LogP contribution >= 0.6 is 0 Å². The molecule has 0 aliphatic carbocycles. The Morgan fingerprint density at radius 1 is 0.941 bits per heavy atom. The molecule has 1 radical (unpaired) electrons. The molecule has 0 atom stereocenters. The van der Waals surface area contributed by atoms with E-state index in [1.54, 1.807) is 0 Å². The molecule has 0 bridgehead atoms. The largest absolute Gasteiger partial charge is 0.246 e. The molecule has 1 nitrogen and oxygen atoms in total. The maximum atomic E-state index is 4.32. The van der Waals surface area contributed by atoms with Crippen LogP contribution in [0.5, 0.6) is 0 Å². The lowest BCUT2D eigenvalue weighted by Crippen LogP contribution is -1.83. The van der Waals surface area contributed by atoms with Crippen LogP contribution in [-0.2, 0) is 6.42 Å². The van der Waals surface area contributed by atoms with E-state index in [0.717, 1.165) is 17.7 Å². The Balaban J connectivity index is 2.11. The molecular weight excluding hydrogens is 206 g/mol. The molecule has 0 heterocycles. The quantitative estimate of drug-likeness (QED) is 0.691. The molecule has 0 amide bonds. The number of nitrogens with zero attached hydrogens (tertiary/aromatic N) is 1. The molecule has 2 aromatic carbocycles. The van der Waals surface area contributed by atoms with Crippen LogP contribution in [0.15, 0.2) is 53.5 Å². The Kier molecular flexibility index (Phi) is 3.71. The van der Waals surface area contributed by atoms with Crippen LogP contribution in [0.25, 0.3) is 0 Å².